The molecule has 2 aliphatic rings. The number of amides is 1. The lowest BCUT2D eigenvalue weighted by molar-refractivity contribution is -0.130. The molecule has 1 aromatic carbocycles. The van der Waals surface area contributed by atoms with Gasteiger partial charge >= 0.3 is 0 Å². The molecular weight excluding hydrogens is 272 g/mol. The van der Waals surface area contributed by atoms with Crippen molar-refractivity contribution in [2.75, 3.05) is 26.2 Å². The first kappa shape index (κ1) is 15.5. The van der Waals surface area contributed by atoms with Crippen molar-refractivity contribution in [2.24, 2.45) is 0 Å². The predicted octanol–water partition coefficient (Wildman–Crippen LogP) is 3.05. The summed E-state index contributed by atoms with van der Waals surface area (Å²) in [7, 11) is 0. The molecule has 0 bridgehead atoms. The van der Waals surface area contributed by atoms with E-state index in [0.29, 0.717) is 11.9 Å². The molecule has 2 fully saturated rings. The topological polar surface area (TPSA) is 23.6 Å². The molecule has 22 heavy (non-hydrogen) atoms. The van der Waals surface area contributed by atoms with Crippen LogP contribution in [0.5, 0.6) is 0 Å². The van der Waals surface area contributed by atoms with Gasteiger partial charge in [-0.05, 0) is 24.8 Å². The van der Waals surface area contributed by atoms with Crippen LogP contribution < -0.4 is 0 Å². The summed E-state index contributed by atoms with van der Waals surface area (Å²) in [5, 5.41) is 0. The van der Waals surface area contributed by atoms with Crippen molar-refractivity contribution in [2.45, 2.75) is 51.0 Å². The van der Waals surface area contributed by atoms with E-state index >= 15 is 0 Å². The normalized spacial score (nSPS) is 21.5. The fourth-order valence-electron chi connectivity index (χ4n) is 3.98. The van der Waals surface area contributed by atoms with Gasteiger partial charge in [0.15, 0.2) is 0 Å². The molecule has 3 heteroatoms. The quantitative estimate of drug-likeness (QED) is 0.853. The maximum atomic E-state index is 11.9. The molecule has 2 saturated heterocycles. The summed E-state index contributed by atoms with van der Waals surface area (Å²) < 4.78 is 0. The Morgan fingerprint density at radius 3 is 2.36 bits per heavy atom. The highest BCUT2D eigenvalue weighted by Crippen LogP contribution is 2.27. The number of nitrogens with zero attached hydrogens (tertiary/aromatic N) is 2. The second-order valence-electron chi connectivity index (χ2n) is 7.45. The van der Waals surface area contributed by atoms with E-state index in [0.717, 1.165) is 51.9 Å². The summed E-state index contributed by atoms with van der Waals surface area (Å²) >= 11 is 0. The highest BCUT2D eigenvalue weighted by Gasteiger charge is 2.32. The largest absolute Gasteiger partial charge is 0.340 e. The minimum absolute atomic E-state index is 0.178. The highest BCUT2D eigenvalue weighted by atomic mass is 16.2. The number of benzene rings is 1. The summed E-state index contributed by atoms with van der Waals surface area (Å²) in [6, 6.07) is 11.3. The van der Waals surface area contributed by atoms with Crippen LogP contribution in [0.1, 0.15) is 45.1 Å². The Labute approximate surface area is 134 Å². The van der Waals surface area contributed by atoms with Gasteiger partial charge in [-0.1, -0.05) is 44.2 Å². The first-order chi connectivity index (χ1) is 10.6. The zero-order valence-electron chi connectivity index (χ0n) is 13.9. The van der Waals surface area contributed by atoms with Crippen molar-refractivity contribution in [3.8, 4) is 0 Å². The van der Waals surface area contributed by atoms with Crippen molar-refractivity contribution in [1.82, 2.24) is 9.80 Å². The van der Waals surface area contributed by atoms with Crippen molar-refractivity contribution in [3.05, 3.63) is 35.9 Å². The second kappa shape index (κ2) is 6.41. The van der Waals surface area contributed by atoms with Crippen LogP contribution in [0.4, 0.5) is 0 Å². The SMILES string of the molecule is CC(C)(CN1CCC(N2CCCC2=O)CC1)c1ccccc1. The second-order valence-corrected chi connectivity index (χ2v) is 7.45. The van der Waals surface area contributed by atoms with Crippen LogP contribution in [0.3, 0.4) is 0 Å². The van der Waals surface area contributed by atoms with Gasteiger partial charge in [-0.3, -0.25) is 4.79 Å². The Morgan fingerprint density at radius 2 is 1.77 bits per heavy atom. The number of hydrogen-bond donors (Lipinski definition) is 0. The fourth-order valence-corrected chi connectivity index (χ4v) is 3.98. The smallest absolute Gasteiger partial charge is 0.222 e. The highest BCUT2D eigenvalue weighted by molar-refractivity contribution is 5.78. The lowest BCUT2D eigenvalue weighted by atomic mass is 9.83. The van der Waals surface area contributed by atoms with E-state index in [9.17, 15) is 4.79 Å². The number of likely N-dealkylation sites (tertiary alicyclic amines) is 2. The van der Waals surface area contributed by atoms with Gasteiger partial charge in [0.05, 0.1) is 0 Å². The monoisotopic (exact) mass is 300 g/mol. The standard InChI is InChI=1S/C19H28N2O/c1-19(2,16-7-4-3-5-8-16)15-20-13-10-17(11-14-20)21-12-6-9-18(21)22/h3-5,7-8,17H,6,9-15H2,1-2H3. The molecule has 0 aliphatic carbocycles. The third kappa shape index (κ3) is 3.35. The van der Waals surface area contributed by atoms with E-state index in [1.165, 1.54) is 5.56 Å². The van der Waals surface area contributed by atoms with Crippen LogP contribution in [0.2, 0.25) is 0 Å². The molecule has 120 valence electrons. The Bertz CT molecular complexity index is 503. The Balaban J connectivity index is 1.54. The number of carbonyl (C=O) groups excluding carboxylic acids is 1. The Morgan fingerprint density at radius 1 is 1.09 bits per heavy atom. The number of rotatable bonds is 4. The molecule has 1 amide bonds. The zero-order valence-corrected chi connectivity index (χ0v) is 13.9. The van der Waals surface area contributed by atoms with Crippen molar-refractivity contribution < 1.29 is 4.79 Å². The molecule has 0 radical (unpaired) electrons. The molecule has 3 nitrogen and oxygen atoms in total. The maximum absolute atomic E-state index is 11.9. The van der Waals surface area contributed by atoms with Gasteiger partial charge in [0.2, 0.25) is 5.91 Å². The maximum Gasteiger partial charge on any atom is 0.222 e. The van der Waals surface area contributed by atoms with Gasteiger partial charge in [0, 0.05) is 44.1 Å². The van der Waals surface area contributed by atoms with Gasteiger partial charge in [0.25, 0.3) is 0 Å². The van der Waals surface area contributed by atoms with Gasteiger partial charge in [-0.2, -0.15) is 0 Å². The summed E-state index contributed by atoms with van der Waals surface area (Å²) in [5.74, 6) is 0.378. The third-order valence-corrected chi connectivity index (χ3v) is 5.28. The fraction of sp³-hybridized carbons (Fsp3) is 0.632. The van der Waals surface area contributed by atoms with Crippen LogP contribution in [0.15, 0.2) is 30.3 Å². The van der Waals surface area contributed by atoms with Crippen LogP contribution in [0, 0.1) is 0 Å². The van der Waals surface area contributed by atoms with E-state index in [-0.39, 0.29) is 5.41 Å². The minimum atomic E-state index is 0.178. The molecule has 0 saturated carbocycles. The molecule has 0 N–H and O–H groups in total. The molecule has 2 heterocycles. The van der Waals surface area contributed by atoms with Gasteiger partial charge in [-0.25, -0.2) is 0 Å². The van der Waals surface area contributed by atoms with Gasteiger partial charge in [0.1, 0.15) is 0 Å². The van der Waals surface area contributed by atoms with E-state index in [2.05, 4.69) is 54.0 Å². The Kier molecular flexibility index (Phi) is 4.53. The molecule has 0 aromatic heterocycles. The predicted molar refractivity (Wildman–Crippen MR) is 89.9 cm³/mol. The van der Waals surface area contributed by atoms with Crippen LogP contribution in [-0.2, 0) is 10.2 Å². The number of hydrogen-bond acceptors (Lipinski definition) is 2. The average molecular weight is 300 g/mol. The van der Waals surface area contributed by atoms with E-state index in [1.54, 1.807) is 0 Å². The van der Waals surface area contributed by atoms with E-state index in [1.807, 2.05) is 0 Å². The molecule has 2 aliphatic heterocycles. The minimum Gasteiger partial charge on any atom is -0.340 e. The molecule has 0 unspecified atom stereocenters. The van der Waals surface area contributed by atoms with E-state index < -0.39 is 0 Å². The lowest BCUT2D eigenvalue weighted by Gasteiger charge is -2.40. The average Bonchev–Trinajstić information content (AvgIpc) is 2.95. The van der Waals surface area contributed by atoms with Gasteiger partial charge in [-0.15, -0.1) is 0 Å². The third-order valence-electron chi connectivity index (χ3n) is 5.28. The van der Waals surface area contributed by atoms with Crippen LogP contribution >= 0.6 is 0 Å². The summed E-state index contributed by atoms with van der Waals surface area (Å²) in [5.41, 5.74) is 1.59. The first-order valence-corrected chi connectivity index (χ1v) is 8.64. The summed E-state index contributed by atoms with van der Waals surface area (Å²) in [6.07, 6.45) is 4.09. The van der Waals surface area contributed by atoms with Crippen molar-refractivity contribution in [1.29, 1.82) is 0 Å². The van der Waals surface area contributed by atoms with Crippen molar-refractivity contribution in [3.63, 3.8) is 0 Å². The number of carbonyl (C=O) groups is 1. The Hall–Kier alpha value is -1.35. The van der Waals surface area contributed by atoms with Crippen LogP contribution in [0.25, 0.3) is 0 Å². The molecule has 3 rings (SSSR count). The molecule has 1 aromatic rings. The van der Waals surface area contributed by atoms with Crippen molar-refractivity contribution >= 4 is 5.91 Å². The van der Waals surface area contributed by atoms with E-state index in [4.69, 9.17) is 0 Å². The molecule has 0 spiro atoms. The molecular formula is C19H28N2O. The van der Waals surface area contributed by atoms with Crippen LogP contribution in [-0.4, -0.2) is 47.9 Å². The number of piperidine rings is 1. The van der Waals surface area contributed by atoms with Gasteiger partial charge < -0.3 is 9.80 Å². The summed E-state index contributed by atoms with van der Waals surface area (Å²) in [4.78, 5) is 16.6. The lowest BCUT2D eigenvalue weighted by Crippen LogP contribution is -2.48. The first-order valence-electron chi connectivity index (χ1n) is 8.64. The zero-order chi connectivity index (χ0) is 15.6. The molecule has 0 atom stereocenters. The summed E-state index contributed by atoms with van der Waals surface area (Å²) in [6.45, 7) is 8.98.